The molecule has 0 saturated carbocycles. The van der Waals surface area contributed by atoms with Gasteiger partial charge < -0.3 is 14.8 Å². The fourth-order valence-corrected chi connectivity index (χ4v) is 3.05. The molecule has 8 heteroatoms. The van der Waals surface area contributed by atoms with Gasteiger partial charge in [0.25, 0.3) is 0 Å². The van der Waals surface area contributed by atoms with Crippen LogP contribution in [0.15, 0.2) is 35.7 Å². The molecule has 2 amide bonds. The van der Waals surface area contributed by atoms with Crippen LogP contribution >= 0.6 is 11.8 Å². The first-order chi connectivity index (χ1) is 12.0. The molecular weight excluding hydrogens is 338 g/mol. The van der Waals surface area contributed by atoms with Gasteiger partial charge in [0.15, 0.2) is 5.16 Å². The molecule has 0 unspecified atom stereocenters. The lowest BCUT2D eigenvalue weighted by Crippen LogP contribution is -2.39. The van der Waals surface area contributed by atoms with Gasteiger partial charge in [0.1, 0.15) is 6.33 Å². The zero-order chi connectivity index (χ0) is 18.2. The molecule has 134 valence electrons. The van der Waals surface area contributed by atoms with Gasteiger partial charge in [0.05, 0.1) is 12.3 Å². The summed E-state index contributed by atoms with van der Waals surface area (Å²) in [5, 5.41) is 11.3. The number of amides is 2. The number of nitrogens with zero attached hydrogens (tertiary/aromatic N) is 4. The minimum Gasteiger partial charge on any atom is -0.333 e. The van der Waals surface area contributed by atoms with Crippen LogP contribution in [0.1, 0.15) is 18.9 Å². The molecule has 0 radical (unpaired) electrons. The van der Waals surface area contributed by atoms with Crippen LogP contribution in [0.4, 0.5) is 5.69 Å². The smallest absolute Gasteiger partial charge is 0.244 e. The summed E-state index contributed by atoms with van der Waals surface area (Å²) in [6, 6.07) is 7.57. The lowest BCUT2D eigenvalue weighted by molar-refractivity contribution is -0.132. The Labute approximate surface area is 151 Å². The highest BCUT2D eigenvalue weighted by Gasteiger charge is 2.18. The Morgan fingerprint density at radius 3 is 2.72 bits per heavy atom. The standard InChI is InChI=1S/C17H23N5O2S/c1-4-9-22(16(24)11-25-17-20-18-12-21(17)3)10-15(23)19-14-8-6-5-7-13(14)2/h5-8,12H,4,9-11H2,1-3H3,(H,19,23). The summed E-state index contributed by atoms with van der Waals surface area (Å²) in [5.74, 6) is -0.0565. The van der Waals surface area contributed by atoms with Crippen LogP contribution in [0.5, 0.6) is 0 Å². The molecule has 0 saturated heterocycles. The summed E-state index contributed by atoms with van der Waals surface area (Å²) in [6.07, 6.45) is 2.38. The normalized spacial score (nSPS) is 10.5. The number of carbonyl (C=O) groups is 2. The van der Waals surface area contributed by atoms with E-state index in [0.717, 1.165) is 17.7 Å². The van der Waals surface area contributed by atoms with Crippen molar-refractivity contribution < 1.29 is 9.59 Å². The maximum atomic E-state index is 12.5. The van der Waals surface area contributed by atoms with E-state index < -0.39 is 0 Å². The number of para-hydroxylation sites is 1. The van der Waals surface area contributed by atoms with Gasteiger partial charge in [-0.15, -0.1) is 10.2 Å². The van der Waals surface area contributed by atoms with Gasteiger partial charge in [-0.25, -0.2) is 0 Å². The van der Waals surface area contributed by atoms with Gasteiger partial charge >= 0.3 is 0 Å². The van der Waals surface area contributed by atoms with Crippen molar-refractivity contribution >= 4 is 29.3 Å². The van der Waals surface area contributed by atoms with Crippen molar-refractivity contribution in [3.05, 3.63) is 36.2 Å². The van der Waals surface area contributed by atoms with Crippen molar-refractivity contribution in [1.82, 2.24) is 19.7 Å². The van der Waals surface area contributed by atoms with E-state index in [1.165, 1.54) is 11.8 Å². The fourth-order valence-electron chi connectivity index (χ4n) is 2.26. The number of benzene rings is 1. The van der Waals surface area contributed by atoms with Crippen LogP contribution in [-0.4, -0.2) is 50.3 Å². The summed E-state index contributed by atoms with van der Waals surface area (Å²) in [4.78, 5) is 26.3. The minimum absolute atomic E-state index is 0.0420. The summed E-state index contributed by atoms with van der Waals surface area (Å²) in [7, 11) is 1.83. The molecule has 0 fully saturated rings. The zero-order valence-corrected chi connectivity index (χ0v) is 15.5. The number of anilines is 1. The highest BCUT2D eigenvalue weighted by Crippen LogP contribution is 2.15. The molecule has 1 aromatic carbocycles. The second-order valence-corrected chi connectivity index (χ2v) is 6.63. The van der Waals surface area contributed by atoms with E-state index in [-0.39, 0.29) is 24.1 Å². The van der Waals surface area contributed by atoms with E-state index in [2.05, 4.69) is 15.5 Å². The summed E-state index contributed by atoms with van der Waals surface area (Å²) < 4.78 is 1.76. The maximum Gasteiger partial charge on any atom is 0.244 e. The van der Waals surface area contributed by atoms with E-state index in [1.807, 2.05) is 45.2 Å². The molecule has 0 aliphatic rings. The molecule has 2 rings (SSSR count). The average molecular weight is 361 g/mol. The number of thioether (sulfide) groups is 1. The number of aromatic nitrogens is 3. The van der Waals surface area contributed by atoms with E-state index in [0.29, 0.717) is 11.7 Å². The molecule has 0 atom stereocenters. The topological polar surface area (TPSA) is 80.1 Å². The fraction of sp³-hybridized carbons (Fsp3) is 0.412. The third-order valence-corrected chi connectivity index (χ3v) is 4.61. The van der Waals surface area contributed by atoms with E-state index in [1.54, 1.807) is 15.8 Å². The lowest BCUT2D eigenvalue weighted by atomic mass is 10.2. The Kier molecular flexibility index (Phi) is 7.00. The van der Waals surface area contributed by atoms with Crippen LogP contribution < -0.4 is 5.32 Å². The van der Waals surface area contributed by atoms with E-state index >= 15 is 0 Å². The molecule has 7 nitrogen and oxygen atoms in total. The quantitative estimate of drug-likeness (QED) is 0.728. The third kappa shape index (κ3) is 5.60. The van der Waals surface area contributed by atoms with Crippen molar-refractivity contribution in [3.8, 4) is 0 Å². The van der Waals surface area contributed by atoms with Gasteiger partial charge in [-0.2, -0.15) is 0 Å². The third-order valence-electron chi connectivity index (χ3n) is 3.59. The van der Waals surface area contributed by atoms with Crippen molar-refractivity contribution in [3.63, 3.8) is 0 Å². The van der Waals surface area contributed by atoms with E-state index in [9.17, 15) is 9.59 Å². The first kappa shape index (κ1) is 19.0. The van der Waals surface area contributed by atoms with Crippen molar-refractivity contribution in [2.75, 3.05) is 24.2 Å². The van der Waals surface area contributed by atoms with Crippen LogP contribution in [0.2, 0.25) is 0 Å². The minimum atomic E-state index is -0.195. The molecule has 1 heterocycles. The molecule has 0 aliphatic carbocycles. The second-order valence-electron chi connectivity index (χ2n) is 5.69. The largest absolute Gasteiger partial charge is 0.333 e. The average Bonchev–Trinajstić information content (AvgIpc) is 2.99. The molecular formula is C17H23N5O2S. The van der Waals surface area contributed by atoms with Gasteiger partial charge in [-0.05, 0) is 25.0 Å². The first-order valence-electron chi connectivity index (χ1n) is 8.11. The Bertz CT molecular complexity index is 731. The van der Waals surface area contributed by atoms with Gasteiger partial charge in [0, 0.05) is 19.3 Å². The summed E-state index contributed by atoms with van der Waals surface area (Å²) >= 11 is 1.32. The second kappa shape index (κ2) is 9.22. The predicted molar refractivity (Wildman–Crippen MR) is 98.4 cm³/mol. The Balaban J connectivity index is 1.92. The molecule has 0 aliphatic heterocycles. The van der Waals surface area contributed by atoms with Crippen LogP contribution in [0.25, 0.3) is 0 Å². The number of carbonyl (C=O) groups excluding carboxylic acids is 2. The Hall–Kier alpha value is -2.35. The highest BCUT2D eigenvalue weighted by atomic mass is 32.2. The van der Waals surface area contributed by atoms with Crippen LogP contribution in [-0.2, 0) is 16.6 Å². The first-order valence-corrected chi connectivity index (χ1v) is 9.10. The predicted octanol–water partition coefficient (Wildman–Crippen LogP) is 2.09. The Morgan fingerprint density at radius 1 is 1.32 bits per heavy atom. The molecule has 2 aromatic rings. The number of rotatable bonds is 8. The summed E-state index contributed by atoms with van der Waals surface area (Å²) in [6.45, 7) is 4.50. The molecule has 1 aromatic heterocycles. The molecule has 25 heavy (non-hydrogen) atoms. The lowest BCUT2D eigenvalue weighted by Gasteiger charge is -2.21. The van der Waals surface area contributed by atoms with Gasteiger partial charge in [0.2, 0.25) is 11.8 Å². The number of hydrogen-bond acceptors (Lipinski definition) is 5. The van der Waals surface area contributed by atoms with Crippen molar-refractivity contribution in [2.45, 2.75) is 25.4 Å². The van der Waals surface area contributed by atoms with Crippen LogP contribution in [0.3, 0.4) is 0 Å². The SMILES string of the molecule is CCCN(CC(=O)Nc1ccccc1C)C(=O)CSc1nncn1C. The Morgan fingerprint density at radius 2 is 2.08 bits per heavy atom. The van der Waals surface area contributed by atoms with Gasteiger partial charge in [-0.3, -0.25) is 9.59 Å². The van der Waals surface area contributed by atoms with Crippen LogP contribution in [0, 0.1) is 6.92 Å². The molecule has 0 spiro atoms. The molecule has 1 N–H and O–H groups in total. The zero-order valence-electron chi connectivity index (χ0n) is 14.7. The number of hydrogen-bond donors (Lipinski definition) is 1. The summed E-state index contributed by atoms with van der Waals surface area (Å²) in [5.41, 5.74) is 1.76. The number of aryl methyl sites for hydroxylation is 2. The maximum absolute atomic E-state index is 12.5. The van der Waals surface area contributed by atoms with Crippen molar-refractivity contribution in [2.24, 2.45) is 7.05 Å². The number of nitrogens with one attached hydrogen (secondary N) is 1. The van der Waals surface area contributed by atoms with E-state index in [4.69, 9.17) is 0 Å². The monoisotopic (exact) mass is 361 g/mol. The molecule has 0 bridgehead atoms. The van der Waals surface area contributed by atoms with Gasteiger partial charge in [-0.1, -0.05) is 36.9 Å². The highest BCUT2D eigenvalue weighted by molar-refractivity contribution is 7.99. The van der Waals surface area contributed by atoms with Crippen molar-refractivity contribution in [1.29, 1.82) is 0 Å².